The number of benzene rings is 1. The lowest BCUT2D eigenvalue weighted by atomic mass is 9.87. The van der Waals surface area contributed by atoms with E-state index in [1.54, 1.807) is 0 Å². The Bertz CT molecular complexity index is 606. The Kier molecular flexibility index (Phi) is 5.10. The molecule has 2 rings (SSSR count). The van der Waals surface area contributed by atoms with Crippen LogP contribution in [0.15, 0.2) is 23.5 Å². The van der Waals surface area contributed by atoms with Crippen LogP contribution in [0.25, 0.3) is 0 Å². The van der Waals surface area contributed by atoms with Crippen molar-refractivity contribution in [2.45, 2.75) is 72.6 Å². The summed E-state index contributed by atoms with van der Waals surface area (Å²) < 4.78 is 6.10. The highest BCUT2D eigenvalue weighted by atomic mass is 16.5. The van der Waals surface area contributed by atoms with Crippen LogP contribution in [0.4, 0.5) is 0 Å². The largest absolute Gasteiger partial charge is 0.461 e. The summed E-state index contributed by atoms with van der Waals surface area (Å²) in [6.07, 6.45) is 2.19. The monoisotopic (exact) mass is 300 g/mol. The summed E-state index contributed by atoms with van der Waals surface area (Å²) in [6, 6.07) is 4.48. The molecule has 2 heteroatoms. The molecule has 0 fully saturated rings. The van der Waals surface area contributed by atoms with Gasteiger partial charge in [0.1, 0.15) is 11.5 Å². The summed E-state index contributed by atoms with van der Waals surface area (Å²) in [7, 11) is 0. The first kappa shape index (κ1) is 16.8. The number of allylic oxidation sites excluding steroid dienone is 2. The molecule has 0 radical (unpaired) electrons. The molecule has 0 aromatic heterocycles. The molecule has 1 aromatic carbocycles. The van der Waals surface area contributed by atoms with Crippen LogP contribution in [0.3, 0.4) is 0 Å². The molecule has 0 bridgehead atoms. The van der Waals surface area contributed by atoms with Crippen molar-refractivity contribution < 1.29 is 9.53 Å². The lowest BCUT2D eigenvalue weighted by Gasteiger charge is -2.26. The van der Waals surface area contributed by atoms with Crippen molar-refractivity contribution >= 4 is 5.78 Å². The molecule has 0 unspecified atom stereocenters. The van der Waals surface area contributed by atoms with Gasteiger partial charge in [-0.2, -0.15) is 0 Å². The molecule has 120 valence electrons. The number of hydrogen-bond acceptors (Lipinski definition) is 2. The summed E-state index contributed by atoms with van der Waals surface area (Å²) in [4.78, 5) is 12.3. The number of carbonyl (C=O) groups excluding carboxylic acids is 1. The second kappa shape index (κ2) is 6.68. The van der Waals surface area contributed by atoms with Gasteiger partial charge in [-0.1, -0.05) is 46.8 Å². The molecule has 1 aliphatic heterocycles. The first-order chi connectivity index (χ1) is 10.3. The normalized spacial score (nSPS) is 14.4. The lowest BCUT2D eigenvalue weighted by Crippen LogP contribution is -2.17. The van der Waals surface area contributed by atoms with Crippen molar-refractivity contribution in [3.8, 4) is 5.75 Å². The minimum absolute atomic E-state index is 0.228. The van der Waals surface area contributed by atoms with Crippen LogP contribution < -0.4 is 4.74 Å². The fraction of sp³-hybridized carbons (Fsp3) is 0.550. The van der Waals surface area contributed by atoms with Crippen LogP contribution in [0, 0.1) is 0 Å². The number of ketones is 1. The van der Waals surface area contributed by atoms with Gasteiger partial charge >= 0.3 is 0 Å². The molecule has 0 saturated heterocycles. The van der Waals surface area contributed by atoms with Gasteiger partial charge in [-0.25, -0.2) is 0 Å². The van der Waals surface area contributed by atoms with Crippen molar-refractivity contribution in [3.63, 3.8) is 0 Å². The number of carbonyl (C=O) groups is 1. The van der Waals surface area contributed by atoms with E-state index in [4.69, 9.17) is 4.74 Å². The first-order valence-electron chi connectivity index (χ1n) is 8.42. The van der Waals surface area contributed by atoms with Gasteiger partial charge in [-0.15, -0.1) is 0 Å². The topological polar surface area (TPSA) is 26.3 Å². The van der Waals surface area contributed by atoms with Crippen LogP contribution in [-0.4, -0.2) is 5.78 Å². The summed E-state index contributed by atoms with van der Waals surface area (Å²) in [6.45, 7) is 12.8. The van der Waals surface area contributed by atoms with Gasteiger partial charge in [0.15, 0.2) is 5.78 Å². The molecule has 0 saturated carbocycles. The van der Waals surface area contributed by atoms with Gasteiger partial charge in [0.2, 0.25) is 0 Å². The van der Waals surface area contributed by atoms with E-state index >= 15 is 0 Å². The third kappa shape index (κ3) is 3.26. The van der Waals surface area contributed by atoms with E-state index < -0.39 is 0 Å². The predicted molar refractivity (Wildman–Crippen MR) is 91.6 cm³/mol. The number of Topliss-reactive ketones (excluding diaryl/α,β-unsaturated/α-hetero) is 1. The standard InChI is InChI=1S/C20H28O2/c1-7-8-19(21)18-11-16-9-15(12(2)3)10-17(13(4)5)20(16)22-14(18)6/h9-10,12-13H,7-8,11H2,1-6H3. The van der Waals surface area contributed by atoms with Gasteiger partial charge in [0, 0.05) is 18.4 Å². The Balaban J connectivity index is 2.48. The van der Waals surface area contributed by atoms with Gasteiger partial charge in [-0.3, -0.25) is 4.79 Å². The Morgan fingerprint density at radius 1 is 1.18 bits per heavy atom. The van der Waals surface area contributed by atoms with E-state index in [9.17, 15) is 4.79 Å². The van der Waals surface area contributed by atoms with Gasteiger partial charge in [0.25, 0.3) is 0 Å². The number of rotatable bonds is 5. The van der Waals surface area contributed by atoms with Gasteiger partial charge < -0.3 is 4.74 Å². The maximum Gasteiger partial charge on any atom is 0.162 e. The smallest absolute Gasteiger partial charge is 0.162 e. The second-order valence-electron chi connectivity index (χ2n) is 6.89. The molecule has 0 spiro atoms. The van der Waals surface area contributed by atoms with E-state index in [-0.39, 0.29) is 5.78 Å². The molecule has 0 amide bonds. The predicted octanol–water partition coefficient (Wildman–Crippen LogP) is 5.51. The molecule has 0 N–H and O–H groups in total. The third-order valence-corrected chi connectivity index (χ3v) is 4.37. The first-order valence-corrected chi connectivity index (χ1v) is 8.42. The van der Waals surface area contributed by atoms with Crippen LogP contribution in [0.1, 0.15) is 82.9 Å². The van der Waals surface area contributed by atoms with Crippen LogP contribution >= 0.6 is 0 Å². The average molecular weight is 300 g/mol. The Morgan fingerprint density at radius 2 is 1.86 bits per heavy atom. The molecule has 1 aromatic rings. The second-order valence-corrected chi connectivity index (χ2v) is 6.89. The van der Waals surface area contributed by atoms with Crippen molar-refractivity contribution in [1.29, 1.82) is 0 Å². The van der Waals surface area contributed by atoms with Crippen LogP contribution in [0.2, 0.25) is 0 Å². The molecule has 0 atom stereocenters. The van der Waals surface area contributed by atoms with Crippen molar-refractivity contribution in [3.05, 3.63) is 40.2 Å². The highest BCUT2D eigenvalue weighted by molar-refractivity contribution is 5.96. The van der Waals surface area contributed by atoms with E-state index in [0.29, 0.717) is 24.7 Å². The molecule has 1 heterocycles. The molecular formula is C20H28O2. The average Bonchev–Trinajstić information content (AvgIpc) is 2.45. The lowest BCUT2D eigenvalue weighted by molar-refractivity contribution is -0.115. The van der Waals surface area contributed by atoms with E-state index in [0.717, 1.165) is 23.5 Å². The molecular weight excluding hydrogens is 272 g/mol. The van der Waals surface area contributed by atoms with E-state index in [1.165, 1.54) is 16.7 Å². The van der Waals surface area contributed by atoms with Crippen LogP contribution in [-0.2, 0) is 11.2 Å². The molecule has 2 nitrogen and oxygen atoms in total. The number of fused-ring (bicyclic) bond motifs is 1. The van der Waals surface area contributed by atoms with Crippen molar-refractivity contribution in [1.82, 2.24) is 0 Å². The fourth-order valence-corrected chi connectivity index (χ4v) is 2.96. The Hall–Kier alpha value is -1.57. The third-order valence-electron chi connectivity index (χ3n) is 4.37. The van der Waals surface area contributed by atoms with Gasteiger partial charge in [-0.05, 0) is 41.9 Å². The van der Waals surface area contributed by atoms with Crippen molar-refractivity contribution in [2.75, 3.05) is 0 Å². The molecule has 1 aliphatic rings. The van der Waals surface area contributed by atoms with Crippen molar-refractivity contribution in [2.24, 2.45) is 0 Å². The Morgan fingerprint density at radius 3 is 2.41 bits per heavy atom. The maximum atomic E-state index is 12.3. The summed E-state index contributed by atoms with van der Waals surface area (Å²) in [5.41, 5.74) is 4.60. The minimum atomic E-state index is 0.228. The minimum Gasteiger partial charge on any atom is -0.461 e. The maximum absolute atomic E-state index is 12.3. The highest BCUT2D eigenvalue weighted by Crippen LogP contribution is 2.39. The van der Waals surface area contributed by atoms with Gasteiger partial charge in [0.05, 0.1) is 0 Å². The fourth-order valence-electron chi connectivity index (χ4n) is 2.96. The van der Waals surface area contributed by atoms with E-state index in [2.05, 4.69) is 39.8 Å². The quantitative estimate of drug-likeness (QED) is 0.716. The van der Waals surface area contributed by atoms with E-state index in [1.807, 2.05) is 13.8 Å². The zero-order valence-corrected chi connectivity index (χ0v) is 14.7. The summed E-state index contributed by atoms with van der Waals surface area (Å²) >= 11 is 0. The summed E-state index contributed by atoms with van der Waals surface area (Å²) in [5, 5.41) is 0. The molecule has 22 heavy (non-hydrogen) atoms. The number of ether oxygens (including phenoxy) is 1. The summed E-state index contributed by atoms with van der Waals surface area (Å²) in [5.74, 6) is 2.87. The SMILES string of the molecule is CCCC(=O)C1=C(C)Oc2c(cc(C(C)C)cc2C(C)C)C1. The zero-order chi connectivity index (χ0) is 16.4. The molecule has 0 aliphatic carbocycles. The zero-order valence-electron chi connectivity index (χ0n) is 14.7. The highest BCUT2D eigenvalue weighted by Gasteiger charge is 2.25. The number of hydrogen-bond donors (Lipinski definition) is 0. The Labute approximate surface area is 134 Å². The van der Waals surface area contributed by atoms with Crippen LogP contribution in [0.5, 0.6) is 5.75 Å².